The molecule has 0 aromatic carbocycles. The van der Waals surface area contributed by atoms with Crippen LogP contribution < -0.4 is 10.2 Å². The van der Waals surface area contributed by atoms with E-state index >= 15 is 0 Å². The van der Waals surface area contributed by atoms with E-state index in [1.54, 1.807) is 17.2 Å². The fourth-order valence-electron chi connectivity index (χ4n) is 2.99. The Morgan fingerprint density at radius 3 is 2.67 bits per heavy atom. The fourth-order valence-corrected chi connectivity index (χ4v) is 4.67. The number of anilines is 1. The second-order valence-electron chi connectivity index (χ2n) is 6.10. The van der Waals surface area contributed by atoms with Crippen LogP contribution in [-0.4, -0.2) is 74.3 Å². The third-order valence-electron chi connectivity index (χ3n) is 4.37. The molecule has 1 atom stereocenters. The van der Waals surface area contributed by atoms with Gasteiger partial charge in [0, 0.05) is 44.1 Å². The van der Waals surface area contributed by atoms with Crippen LogP contribution in [0.1, 0.15) is 16.9 Å². The van der Waals surface area contributed by atoms with Gasteiger partial charge in [-0.25, -0.2) is 8.42 Å². The van der Waals surface area contributed by atoms with Gasteiger partial charge >= 0.3 is 0 Å². The van der Waals surface area contributed by atoms with Gasteiger partial charge in [-0.2, -0.15) is 0 Å². The summed E-state index contributed by atoms with van der Waals surface area (Å²) in [6.07, 6.45) is 2.86. The lowest BCUT2D eigenvalue weighted by atomic mass is 10.2. The smallest absolute Gasteiger partial charge is 0.270 e. The second-order valence-corrected chi connectivity index (χ2v) is 8.33. The molecule has 2 saturated heterocycles. The highest BCUT2D eigenvalue weighted by atomic mass is 32.2. The van der Waals surface area contributed by atoms with Crippen molar-refractivity contribution >= 4 is 27.8 Å². The third kappa shape index (κ3) is 3.84. The van der Waals surface area contributed by atoms with Crippen LogP contribution in [0.25, 0.3) is 0 Å². The van der Waals surface area contributed by atoms with Crippen LogP contribution in [0.5, 0.6) is 0 Å². The molecule has 2 aliphatic rings. The summed E-state index contributed by atoms with van der Waals surface area (Å²) in [5.41, 5.74) is 1.15. The van der Waals surface area contributed by atoms with Gasteiger partial charge in [0.1, 0.15) is 5.69 Å². The van der Waals surface area contributed by atoms with Crippen LogP contribution >= 0.6 is 0 Å². The number of nitrogens with zero attached hydrogens (tertiary/aromatic N) is 3. The summed E-state index contributed by atoms with van der Waals surface area (Å²) < 4.78 is 22.9. The minimum atomic E-state index is -3.03. The normalized spacial score (nSPS) is 23.1. The number of hydrogen-bond donors (Lipinski definition) is 1. The maximum absolute atomic E-state index is 12.3. The van der Waals surface area contributed by atoms with Crippen LogP contribution in [-0.2, 0) is 14.6 Å². The van der Waals surface area contributed by atoms with Crippen molar-refractivity contribution < 1.29 is 18.0 Å². The number of carbonyl (C=O) groups excluding carboxylic acids is 2. The van der Waals surface area contributed by atoms with Gasteiger partial charge in [-0.1, -0.05) is 0 Å². The molecule has 0 aliphatic carbocycles. The Balaban J connectivity index is 1.64. The number of pyridine rings is 1. The molecule has 2 amide bonds. The monoisotopic (exact) mass is 352 g/mol. The molecule has 2 aliphatic heterocycles. The van der Waals surface area contributed by atoms with Crippen LogP contribution in [0, 0.1) is 0 Å². The van der Waals surface area contributed by atoms with Gasteiger partial charge in [0.25, 0.3) is 5.91 Å². The van der Waals surface area contributed by atoms with Crippen LogP contribution in [0.4, 0.5) is 5.69 Å². The zero-order valence-electron chi connectivity index (χ0n) is 13.2. The Morgan fingerprint density at radius 1 is 1.29 bits per heavy atom. The summed E-state index contributed by atoms with van der Waals surface area (Å²) in [6, 6.07) is 3.19. The number of carbonyl (C=O) groups is 2. The average molecular weight is 352 g/mol. The summed E-state index contributed by atoms with van der Waals surface area (Å²) in [7, 11) is -3.03. The molecule has 3 heterocycles. The molecular weight excluding hydrogens is 332 g/mol. The number of aromatic nitrogens is 1. The topological polar surface area (TPSA) is 99.7 Å². The van der Waals surface area contributed by atoms with Gasteiger partial charge in [-0.05, 0) is 18.6 Å². The molecule has 24 heavy (non-hydrogen) atoms. The molecule has 0 saturated carbocycles. The first kappa shape index (κ1) is 16.7. The summed E-state index contributed by atoms with van der Waals surface area (Å²) in [4.78, 5) is 31.0. The fraction of sp³-hybridized carbons (Fsp3) is 0.533. The molecule has 8 nitrogen and oxygen atoms in total. The van der Waals surface area contributed by atoms with Crippen molar-refractivity contribution in [1.29, 1.82) is 0 Å². The Hall–Kier alpha value is -2.16. The zero-order chi connectivity index (χ0) is 17.2. The molecule has 0 radical (unpaired) electrons. The van der Waals surface area contributed by atoms with Crippen molar-refractivity contribution in [1.82, 2.24) is 15.2 Å². The first-order valence-electron chi connectivity index (χ1n) is 7.88. The minimum absolute atomic E-state index is 0.00785. The molecule has 1 unspecified atom stereocenters. The maximum Gasteiger partial charge on any atom is 0.270 e. The molecule has 1 aromatic heterocycles. The lowest BCUT2D eigenvalue weighted by molar-refractivity contribution is -0.118. The molecule has 130 valence electrons. The molecule has 9 heteroatoms. The van der Waals surface area contributed by atoms with Gasteiger partial charge in [0.05, 0.1) is 11.5 Å². The second kappa shape index (κ2) is 6.76. The van der Waals surface area contributed by atoms with Gasteiger partial charge < -0.3 is 15.1 Å². The van der Waals surface area contributed by atoms with Gasteiger partial charge in [-0.15, -0.1) is 0 Å². The lowest BCUT2D eigenvalue weighted by Crippen LogP contribution is -2.45. The molecular formula is C15H20N4O4S. The first-order chi connectivity index (χ1) is 11.5. The van der Waals surface area contributed by atoms with E-state index in [1.807, 2.05) is 6.07 Å². The van der Waals surface area contributed by atoms with Crippen molar-refractivity contribution in [3.63, 3.8) is 0 Å². The standard InChI is InChI=1S/C15H20N4O4S/c20-11-18-4-6-19(7-5-18)13-1-3-16-14(9-13)15(21)17-12-2-8-24(22,23)10-12/h1,3,9,11-12H,2,4-8,10H2,(H,17,21). The van der Waals surface area contributed by atoms with Crippen molar-refractivity contribution in [3.8, 4) is 0 Å². The maximum atomic E-state index is 12.3. The lowest BCUT2D eigenvalue weighted by Gasteiger charge is -2.34. The first-order valence-corrected chi connectivity index (χ1v) is 9.70. The molecule has 2 fully saturated rings. The molecule has 0 bridgehead atoms. The van der Waals surface area contributed by atoms with Gasteiger partial charge in [0.15, 0.2) is 9.84 Å². The van der Waals surface area contributed by atoms with Crippen molar-refractivity contribution in [2.75, 3.05) is 42.6 Å². The van der Waals surface area contributed by atoms with E-state index in [0.717, 1.165) is 12.1 Å². The van der Waals surface area contributed by atoms with Crippen LogP contribution in [0.2, 0.25) is 0 Å². The summed E-state index contributed by atoms with van der Waals surface area (Å²) in [5.74, 6) is -0.246. The van der Waals surface area contributed by atoms with E-state index < -0.39 is 9.84 Å². The summed E-state index contributed by atoms with van der Waals surface area (Å²) in [5, 5.41) is 2.74. The van der Waals surface area contributed by atoms with E-state index in [4.69, 9.17) is 0 Å². The highest BCUT2D eigenvalue weighted by Gasteiger charge is 2.29. The number of piperazine rings is 1. The van der Waals surface area contributed by atoms with E-state index in [0.29, 0.717) is 32.6 Å². The Bertz CT molecular complexity index is 729. The van der Waals surface area contributed by atoms with Gasteiger partial charge in [0.2, 0.25) is 6.41 Å². The highest BCUT2D eigenvalue weighted by molar-refractivity contribution is 7.91. The van der Waals surface area contributed by atoms with Gasteiger partial charge in [-0.3, -0.25) is 14.6 Å². The molecule has 0 spiro atoms. The zero-order valence-corrected chi connectivity index (χ0v) is 14.0. The van der Waals surface area contributed by atoms with E-state index in [-0.39, 0.29) is 29.1 Å². The van der Waals surface area contributed by atoms with E-state index in [2.05, 4.69) is 15.2 Å². The molecule has 1 N–H and O–H groups in total. The van der Waals surface area contributed by atoms with Crippen molar-refractivity contribution in [2.45, 2.75) is 12.5 Å². The number of nitrogens with one attached hydrogen (secondary N) is 1. The predicted octanol–water partition coefficient (Wildman–Crippen LogP) is -0.723. The third-order valence-corrected chi connectivity index (χ3v) is 6.14. The molecule has 1 aromatic rings. The quantitative estimate of drug-likeness (QED) is 0.718. The van der Waals surface area contributed by atoms with E-state index in [1.165, 1.54) is 0 Å². The minimum Gasteiger partial charge on any atom is -0.368 e. The Labute approximate surface area is 140 Å². The Kier molecular flexibility index (Phi) is 4.70. The van der Waals surface area contributed by atoms with Crippen molar-refractivity contribution in [3.05, 3.63) is 24.0 Å². The van der Waals surface area contributed by atoms with Crippen LogP contribution in [0.3, 0.4) is 0 Å². The molecule has 3 rings (SSSR count). The van der Waals surface area contributed by atoms with Crippen molar-refractivity contribution in [2.24, 2.45) is 0 Å². The summed E-state index contributed by atoms with van der Waals surface area (Å²) in [6.45, 7) is 2.69. The summed E-state index contributed by atoms with van der Waals surface area (Å²) >= 11 is 0. The Morgan fingerprint density at radius 2 is 2.04 bits per heavy atom. The number of sulfone groups is 1. The SMILES string of the molecule is O=CN1CCN(c2ccnc(C(=O)NC3CCS(=O)(=O)C3)c2)CC1. The number of hydrogen-bond acceptors (Lipinski definition) is 6. The average Bonchev–Trinajstić information content (AvgIpc) is 2.93. The predicted molar refractivity (Wildman–Crippen MR) is 88.6 cm³/mol. The van der Waals surface area contributed by atoms with Crippen LogP contribution in [0.15, 0.2) is 18.3 Å². The van der Waals surface area contributed by atoms with E-state index in [9.17, 15) is 18.0 Å². The largest absolute Gasteiger partial charge is 0.368 e. The number of rotatable bonds is 4. The highest BCUT2D eigenvalue weighted by Crippen LogP contribution is 2.17. The number of amides is 2.